The van der Waals surface area contributed by atoms with Crippen molar-refractivity contribution in [2.45, 2.75) is 31.7 Å². The fraction of sp³-hybridized carbons (Fsp3) is 0.909. The Kier molecular flexibility index (Phi) is 3.45. The average Bonchev–Trinajstić information content (AvgIpc) is 2.51. The van der Waals surface area contributed by atoms with Crippen molar-refractivity contribution in [3.8, 4) is 0 Å². The van der Waals surface area contributed by atoms with Gasteiger partial charge < -0.3 is 10.1 Å². The second kappa shape index (κ2) is 4.57. The van der Waals surface area contributed by atoms with Gasteiger partial charge in [-0.1, -0.05) is 6.42 Å². The van der Waals surface area contributed by atoms with Crippen LogP contribution in [0.2, 0.25) is 0 Å². The van der Waals surface area contributed by atoms with Gasteiger partial charge in [0, 0.05) is 13.2 Å². The third-order valence-electron chi connectivity index (χ3n) is 3.78. The fourth-order valence-corrected chi connectivity index (χ4v) is 4.24. The van der Waals surface area contributed by atoms with Crippen LogP contribution in [0.1, 0.15) is 25.7 Å². The highest BCUT2D eigenvalue weighted by Gasteiger charge is 2.45. The van der Waals surface area contributed by atoms with Crippen LogP contribution < -0.4 is 5.32 Å². The number of carbonyl (C=O) groups excluding carboxylic acids is 1. The second-order valence-electron chi connectivity index (χ2n) is 5.14. The van der Waals surface area contributed by atoms with Gasteiger partial charge in [0.2, 0.25) is 5.91 Å². The van der Waals surface area contributed by atoms with E-state index in [1.807, 2.05) is 0 Å². The third-order valence-corrected chi connectivity index (χ3v) is 5.55. The molecule has 0 aromatic heterocycles. The van der Waals surface area contributed by atoms with Gasteiger partial charge in [0.15, 0.2) is 9.84 Å². The van der Waals surface area contributed by atoms with Gasteiger partial charge in [-0.25, -0.2) is 8.42 Å². The molecule has 2 fully saturated rings. The van der Waals surface area contributed by atoms with Gasteiger partial charge in [0.1, 0.15) is 0 Å². The summed E-state index contributed by atoms with van der Waals surface area (Å²) in [5, 5.41) is 2.86. The smallest absolute Gasteiger partial charge is 0.228 e. The Hall–Kier alpha value is -0.620. The van der Waals surface area contributed by atoms with Crippen LogP contribution in [0.3, 0.4) is 0 Å². The highest BCUT2D eigenvalue weighted by molar-refractivity contribution is 7.91. The molecule has 2 rings (SSSR count). The Balaban J connectivity index is 1.93. The molecule has 0 unspecified atom stereocenters. The number of hydrogen-bond acceptors (Lipinski definition) is 4. The first-order chi connectivity index (χ1) is 7.97. The first-order valence-electron chi connectivity index (χ1n) is 5.98. The highest BCUT2D eigenvalue weighted by Crippen LogP contribution is 2.41. The van der Waals surface area contributed by atoms with Crippen molar-refractivity contribution in [1.82, 2.24) is 5.32 Å². The number of sulfone groups is 1. The predicted molar refractivity (Wildman–Crippen MR) is 63.4 cm³/mol. The van der Waals surface area contributed by atoms with Crippen molar-refractivity contribution in [1.29, 1.82) is 0 Å². The van der Waals surface area contributed by atoms with E-state index >= 15 is 0 Å². The third kappa shape index (κ3) is 2.63. The van der Waals surface area contributed by atoms with Gasteiger partial charge >= 0.3 is 0 Å². The maximum atomic E-state index is 12.1. The van der Waals surface area contributed by atoms with Crippen LogP contribution in [0.5, 0.6) is 0 Å². The zero-order chi connectivity index (χ0) is 12.5. The van der Waals surface area contributed by atoms with E-state index in [1.54, 1.807) is 7.11 Å². The first-order valence-corrected chi connectivity index (χ1v) is 7.80. The molecule has 2 aliphatic rings. The SMILES string of the molecule is COCC1(C(=O)N[C@H]2CCS(=O)(=O)C2)CCC1. The molecule has 6 heteroatoms. The molecule has 5 nitrogen and oxygen atoms in total. The van der Waals surface area contributed by atoms with E-state index in [-0.39, 0.29) is 23.5 Å². The summed E-state index contributed by atoms with van der Waals surface area (Å²) in [7, 11) is -1.34. The minimum Gasteiger partial charge on any atom is -0.384 e. The lowest BCUT2D eigenvalue weighted by Gasteiger charge is -2.40. The van der Waals surface area contributed by atoms with Gasteiger partial charge in [-0.3, -0.25) is 4.79 Å². The Labute approximate surface area is 102 Å². The molecule has 1 atom stereocenters. The molecular formula is C11H19NO4S. The lowest BCUT2D eigenvalue weighted by atomic mass is 9.68. The largest absolute Gasteiger partial charge is 0.384 e. The molecule has 0 spiro atoms. The number of ether oxygens (including phenoxy) is 1. The first kappa shape index (κ1) is 12.8. The molecule has 98 valence electrons. The molecule has 0 radical (unpaired) electrons. The molecule has 1 heterocycles. The van der Waals surface area contributed by atoms with Crippen molar-refractivity contribution < 1.29 is 17.9 Å². The topological polar surface area (TPSA) is 72.5 Å². The van der Waals surface area contributed by atoms with Gasteiger partial charge in [0.25, 0.3) is 0 Å². The zero-order valence-electron chi connectivity index (χ0n) is 10.1. The summed E-state index contributed by atoms with van der Waals surface area (Å²) in [5.41, 5.74) is -0.402. The van der Waals surface area contributed by atoms with E-state index in [0.29, 0.717) is 13.0 Å². The average molecular weight is 261 g/mol. The minimum absolute atomic E-state index is 0.0345. The number of rotatable bonds is 4. The lowest BCUT2D eigenvalue weighted by Crippen LogP contribution is -2.51. The molecule has 1 amide bonds. The van der Waals surface area contributed by atoms with Crippen LogP contribution in [0.4, 0.5) is 0 Å². The summed E-state index contributed by atoms with van der Waals surface area (Å²) in [6, 6.07) is -0.207. The van der Waals surface area contributed by atoms with E-state index in [0.717, 1.165) is 19.3 Å². The van der Waals surface area contributed by atoms with Crippen molar-refractivity contribution in [2.75, 3.05) is 25.2 Å². The Morgan fingerprint density at radius 2 is 2.18 bits per heavy atom. The second-order valence-corrected chi connectivity index (χ2v) is 7.37. The van der Waals surface area contributed by atoms with Gasteiger partial charge in [-0.2, -0.15) is 0 Å². The molecule has 17 heavy (non-hydrogen) atoms. The van der Waals surface area contributed by atoms with E-state index in [2.05, 4.69) is 5.32 Å². The van der Waals surface area contributed by atoms with Gasteiger partial charge in [-0.05, 0) is 19.3 Å². The monoisotopic (exact) mass is 261 g/mol. The fourth-order valence-electron chi connectivity index (χ4n) is 2.56. The highest BCUT2D eigenvalue weighted by atomic mass is 32.2. The number of carbonyl (C=O) groups is 1. The molecule has 1 saturated carbocycles. The molecule has 1 N–H and O–H groups in total. The van der Waals surface area contributed by atoms with Crippen LogP contribution >= 0.6 is 0 Å². The number of amides is 1. The maximum Gasteiger partial charge on any atom is 0.228 e. The van der Waals surface area contributed by atoms with Gasteiger partial charge in [-0.15, -0.1) is 0 Å². The van der Waals surface area contributed by atoms with Crippen LogP contribution in [0.15, 0.2) is 0 Å². The Morgan fingerprint density at radius 3 is 2.59 bits per heavy atom. The van der Waals surface area contributed by atoms with Crippen LogP contribution in [-0.2, 0) is 19.4 Å². The summed E-state index contributed by atoms with van der Waals surface area (Å²) in [5.74, 6) is 0.240. The summed E-state index contributed by atoms with van der Waals surface area (Å²) in [4.78, 5) is 12.1. The normalized spacial score (nSPS) is 29.6. The lowest BCUT2D eigenvalue weighted by molar-refractivity contribution is -0.141. The summed E-state index contributed by atoms with van der Waals surface area (Å²) < 4.78 is 27.7. The Bertz CT molecular complexity index is 400. The molecule has 0 aromatic rings. The maximum absolute atomic E-state index is 12.1. The number of methoxy groups -OCH3 is 1. The van der Waals surface area contributed by atoms with Crippen LogP contribution in [0.25, 0.3) is 0 Å². The van der Waals surface area contributed by atoms with Crippen LogP contribution in [0, 0.1) is 5.41 Å². The van der Waals surface area contributed by atoms with Crippen molar-refractivity contribution in [3.05, 3.63) is 0 Å². The van der Waals surface area contributed by atoms with Crippen molar-refractivity contribution in [2.24, 2.45) is 5.41 Å². The number of hydrogen-bond donors (Lipinski definition) is 1. The van der Waals surface area contributed by atoms with Crippen LogP contribution in [-0.4, -0.2) is 45.6 Å². The molecular weight excluding hydrogens is 242 g/mol. The zero-order valence-corrected chi connectivity index (χ0v) is 10.9. The van der Waals surface area contributed by atoms with Crippen molar-refractivity contribution in [3.63, 3.8) is 0 Å². The summed E-state index contributed by atoms with van der Waals surface area (Å²) in [6.07, 6.45) is 3.26. The summed E-state index contributed by atoms with van der Waals surface area (Å²) in [6.45, 7) is 0.429. The number of nitrogens with one attached hydrogen (secondary N) is 1. The summed E-state index contributed by atoms with van der Waals surface area (Å²) >= 11 is 0. The van der Waals surface area contributed by atoms with E-state index < -0.39 is 15.3 Å². The minimum atomic E-state index is -2.93. The molecule has 1 aliphatic carbocycles. The molecule has 0 aromatic carbocycles. The van der Waals surface area contributed by atoms with E-state index in [9.17, 15) is 13.2 Å². The predicted octanol–water partition coefficient (Wildman–Crippen LogP) is 0.106. The Morgan fingerprint density at radius 1 is 1.47 bits per heavy atom. The molecule has 1 aliphatic heterocycles. The molecule has 1 saturated heterocycles. The van der Waals surface area contributed by atoms with E-state index in [1.165, 1.54) is 0 Å². The quantitative estimate of drug-likeness (QED) is 0.779. The standard InChI is InChI=1S/C11H19NO4S/c1-16-8-11(4-2-5-11)10(13)12-9-3-6-17(14,15)7-9/h9H,2-8H2,1H3,(H,12,13)/t9-/m0/s1. The molecule has 0 bridgehead atoms. The van der Waals surface area contributed by atoms with Crippen molar-refractivity contribution >= 4 is 15.7 Å². The van der Waals surface area contributed by atoms with Gasteiger partial charge in [0.05, 0.1) is 23.5 Å². The van der Waals surface area contributed by atoms with E-state index in [4.69, 9.17) is 4.74 Å².